The molecule has 5 nitrogen and oxygen atoms in total. The van der Waals surface area contributed by atoms with E-state index in [0.29, 0.717) is 17.2 Å². The Hall–Kier alpha value is -4.89. The van der Waals surface area contributed by atoms with Crippen molar-refractivity contribution in [3.63, 3.8) is 0 Å². The van der Waals surface area contributed by atoms with Crippen LogP contribution in [-0.2, 0) is 0 Å². The highest BCUT2D eigenvalue weighted by molar-refractivity contribution is 6.40. The van der Waals surface area contributed by atoms with E-state index in [0.717, 1.165) is 44.0 Å². The molecular weight excluding hydrogens is 547 g/mol. The molecule has 0 fully saturated rings. The highest BCUT2D eigenvalue weighted by Crippen LogP contribution is 2.33. The molecule has 0 spiro atoms. The van der Waals surface area contributed by atoms with Crippen LogP contribution in [0.3, 0.4) is 0 Å². The second-order valence-corrected chi connectivity index (χ2v) is 12.0. The fourth-order valence-electron chi connectivity index (χ4n) is 5.43. The van der Waals surface area contributed by atoms with Gasteiger partial charge in [0.05, 0.1) is 5.75 Å². The molecule has 0 unspecified atom stereocenters. The van der Waals surface area contributed by atoms with Gasteiger partial charge in [0.15, 0.2) is 0 Å². The monoisotopic (exact) mass is 576 g/mol. The first-order valence-electron chi connectivity index (χ1n) is 14.3. The number of fused-ring (bicyclic) bond motifs is 3. The van der Waals surface area contributed by atoms with Crippen molar-refractivity contribution in [2.75, 3.05) is 0 Å². The third-order valence-electron chi connectivity index (χ3n) is 7.61. The second kappa shape index (κ2) is 11.4. The average Bonchev–Trinajstić information content (AvgIpc) is 3.02. The molecule has 0 amide bonds. The van der Waals surface area contributed by atoms with E-state index < -0.39 is 15.1 Å². The van der Waals surface area contributed by atoms with Crippen LogP contribution >= 0.6 is 0 Å². The molecule has 7 rings (SSSR count). The molecular formula is C37H29AlN2O3. The number of para-hydroxylation sites is 2. The van der Waals surface area contributed by atoms with Gasteiger partial charge < -0.3 is 11.4 Å². The van der Waals surface area contributed by atoms with Crippen molar-refractivity contribution in [1.29, 1.82) is 0 Å². The van der Waals surface area contributed by atoms with Gasteiger partial charge >= 0.3 is 15.1 Å². The number of hydrogen-bond donors (Lipinski definition) is 0. The minimum Gasteiger partial charge on any atom is -0.577 e. The summed E-state index contributed by atoms with van der Waals surface area (Å²) in [4.78, 5) is 9.55. The third kappa shape index (κ3) is 5.51. The molecule has 0 saturated carbocycles. The largest absolute Gasteiger partial charge is 1.20 e. The van der Waals surface area contributed by atoms with Crippen LogP contribution in [-0.4, -0.2) is 25.1 Å². The molecule has 0 saturated heterocycles. The zero-order valence-corrected chi connectivity index (χ0v) is 25.4. The van der Waals surface area contributed by atoms with Gasteiger partial charge in [-0.15, -0.1) is 0 Å². The van der Waals surface area contributed by atoms with Gasteiger partial charge in [0.2, 0.25) is 0 Å². The fourth-order valence-corrected chi connectivity index (χ4v) is 6.78. The minimum atomic E-state index is -2.93. The Labute approximate surface area is 255 Å². The van der Waals surface area contributed by atoms with Crippen LogP contribution in [0.1, 0.15) is 17.0 Å². The Morgan fingerprint density at radius 2 is 1.05 bits per heavy atom. The number of hydrogen-bond acceptors (Lipinski definition) is 5. The summed E-state index contributed by atoms with van der Waals surface area (Å²) >= 11 is -2.93. The summed E-state index contributed by atoms with van der Waals surface area (Å²) in [5.41, 5.74) is 7.00. The maximum atomic E-state index is 6.70. The van der Waals surface area contributed by atoms with Gasteiger partial charge in [0.25, 0.3) is 0 Å². The lowest BCUT2D eigenvalue weighted by Crippen LogP contribution is -2.37. The molecule has 0 bridgehead atoms. The highest BCUT2D eigenvalue weighted by atomic mass is 27.3. The number of aryl methyl sites for hydroxylation is 3. The van der Waals surface area contributed by atoms with Crippen molar-refractivity contribution in [1.82, 2.24) is 9.97 Å². The van der Waals surface area contributed by atoms with E-state index in [1.54, 1.807) is 0 Å². The summed E-state index contributed by atoms with van der Waals surface area (Å²) < 4.78 is 20.0. The van der Waals surface area contributed by atoms with Crippen molar-refractivity contribution in [2.45, 2.75) is 20.8 Å². The number of pyridine rings is 2. The Bertz CT molecular complexity index is 2040. The standard InChI is InChI=1S/C17H14O.2C10H9NO.Al/c1-12-5-2-3-7-15(12)14-9-10-16-13(11-14)6-4-8-17(16)18;2*1-7-5-6-8-3-2-4-9(12)10(8)11-7;/h2-11,18H,1H3;2*2-6,12H,1H3;/q;;;+3/p-3. The van der Waals surface area contributed by atoms with Crippen LogP contribution in [0.4, 0.5) is 0 Å². The van der Waals surface area contributed by atoms with Gasteiger partial charge in [-0.2, -0.15) is 0 Å². The first kappa shape index (κ1) is 27.0. The quantitative estimate of drug-likeness (QED) is 0.177. The van der Waals surface area contributed by atoms with Gasteiger partial charge in [-0.05, 0) is 79.2 Å². The van der Waals surface area contributed by atoms with Crippen molar-refractivity contribution < 1.29 is 11.4 Å². The van der Waals surface area contributed by atoms with Gasteiger partial charge in [-0.3, -0.25) is 0 Å². The van der Waals surface area contributed by atoms with Crippen LogP contribution in [0.2, 0.25) is 0 Å². The lowest BCUT2D eigenvalue weighted by atomic mass is 9.98. The topological polar surface area (TPSA) is 53.5 Å². The lowest BCUT2D eigenvalue weighted by Gasteiger charge is -2.19. The molecule has 6 heteroatoms. The van der Waals surface area contributed by atoms with Crippen LogP contribution in [0.25, 0.3) is 43.7 Å². The first-order valence-corrected chi connectivity index (χ1v) is 15.7. The van der Waals surface area contributed by atoms with Gasteiger partial charge in [0.1, 0.15) is 22.5 Å². The van der Waals surface area contributed by atoms with Crippen molar-refractivity contribution in [2.24, 2.45) is 0 Å². The summed E-state index contributed by atoms with van der Waals surface area (Å²) in [6, 6.07) is 40.9. The molecule has 0 aliphatic rings. The Balaban J connectivity index is 1.30. The Morgan fingerprint density at radius 1 is 0.488 bits per heavy atom. The summed E-state index contributed by atoms with van der Waals surface area (Å²) in [5, 5.41) is 4.05. The van der Waals surface area contributed by atoms with E-state index in [-0.39, 0.29) is 0 Å². The SMILES string of the molecule is Cc1ccc2cccc([O][Al]([O]c3cccc4cc(-c5ccccc5C)ccc34)[O]c3cccc4ccc(C)nc34)c2n1. The maximum Gasteiger partial charge on any atom is 1.20 e. The normalized spacial score (nSPS) is 11.1. The summed E-state index contributed by atoms with van der Waals surface area (Å²) in [5.74, 6) is 1.97. The molecule has 0 radical (unpaired) electrons. The van der Waals surface area contributed by atoms with Crippen LogP contribution in [0.15, 0.2) is 121 Å². The molecule has 43 heavy (non-hydrogen) atoms. The lowest BCUT2D eigenvalue weighted by molar-refractivity contribution is 0.311. The Kier molecular flexibility index (Phi) is 7.16. The average molecular weight is 577 g/mol. The van der Waals surface area contributed by atoms with E-state index in [4.69, 9.17) is 21.3 Å². The fraction of sp³-hybridized carbons (Fsp3) is 0.0811. The minimum absolute atomic E-state index is 0.629. The number of benzene rings is 5. The molecule has 0 aliphatic carbocycles. The molecule has 208 valence electrons. The van der Waals surface area contributed by atoms with Gasteiger partial charge in [-0.1, -0.05) is 84.9 Å². The predicted octanol–water partition coefficient (Wildman–Crippen LogP) is 9.05. The summed E-state index contributed by atoms with van der Waals surface area (Å²) in [6.45, 7) is 6.09. The molecule has 2 heterocycles. The van der Waals surface area contributed by atoms with E-state index in [1.807, 2.05) is 74.5 Å². The van der Waals surface area contributed by atoms with E-state index in [2.05, 4.69) is 67.6 Å². The van der Waals surface area contributed by atoms with Crippen LogP contribution < -0.4 is 11.4 Å². The van der Waals surface area contributed by atoms with Gasteiger partial charge in [0, 0.05) is 27.5 Å². The summed E-state index contributed by atoms with van der Waals surface area (Å²) in [7, 11) is 0. The van der Waals surface area contributed by atoms with Crippen LogP contribution in [0, 0.1) is 20.8 Å². The number of aromatic nitrogens is 2. The molecule has 7 aromatic rings. The molecule has 5 aromatic carbocycles. The molecule has 0 N–H and O–H groups in total. The predicted molar refractivity (Wildman–Crippen MR) is 175 cm³/mol. The third-order valence-corrected chi connectivity index (χ3v) is 8.95. The van der Waals surface area contributed by atoms with E-state index >= 15 is 0 Å². The molecule has 0 aliphatic heterocycles. The zero-order valence-electron chi connectivity index (χ0n) is 24.2. The van der Waals surface area contributed by atoms with Gasteiger partial charge in [-0.25, -0.2) is 9.97 Å². The molecule has 0 atom stereocenters. The number of rotatable bonds is 7. The zero-order chi connectivity index (χ0) is 29.3. The van der Waals surface area contributed by atoms with Crippen molar-refractivity contribution in [3.8, 4) is 28.4 Å². The number of nitrogens with zero attached hydrogens (tertiary/aromatic N) is 2. The molecule has 2 aromatic heterocycles. The van der Waals surface area contributed by atoms with E-state index in [9.17, 15) is 0 Å². The highest BCUT2D eigenvalue weighted by Gasteiger charge is 2.45. The maximum absolute atomic E-state index is 6.70. The van der Waals surface area contributed by atoms with E-state index in [1.165, 1.54) is 16.7 Å². The van der Waals surface area contributed by atoms with Crippen molar-refractivity contribution >= 4 is 47.7 Å². The van der Waals surface area contributed by atoms with Crippen molar-refractivity contribution in [3.05, 3.63) is 138 Å². The smallest absolute Gasteiger partial charge is 0.577 e. The van der Waals surface area contributed by atoms with Crippen LogP contribution in [0.5, 0.6) is 17.2 Å². The Morgan fingerprint density at radius 3 is 1.67 bits per heavy atom. The summed E-state index contributed by atoms with van der Waals surface area (Å²) in [6.07, 6.45) is 0. The second-order valence-electron chi connectivity index (χ2n) is 10.7. The first-order chi connectivity index (χ1) is 21.0.